The van der Waals surface area contributed by atoms with Gasteiger partial charge in [-0.25, -0.2) is 0 Å². The van der Waals surface area contributed by atoms with E-state index >= 15 is 0 Å². The van der Waals surface area contributed by atoms with Gasteiger partial charge >= 0.3 is 0 Å². The Morgan fingerprint density at radius 3 is 2.80 bits per heavy atom. The second-order valence-electron chi connectivity index (χ2n) is 4.69. The minimum absolute atomic E-state index is 0.166. The zero-order valence-corrected chi connectivity index (χ0v) is 9.60. The summed E-state index contributed by atoms with van der Waals surface area (Å²) in [6.07, 6.45) is 3.55. The minimum Gasteiger partial charge on any atom is -0.299 e. The van der Waals surface area contributed by atoms with E-state index in [1.807, 2.05) is 17.8 Å². The summed E-state index contributed by atoms with van der Waals surface area (Å²) in [6, 6.07) is 2.43. The highest BCUT2D eigenvalue weighted by atomic mass is 16.1. The van der Waals surface area contributed by atoms with Crippen molar-refractivity contribution in [2.75, 3.05) is 0 Å². The van der Waals surface area contributed by atoms with E-state index in [-0.39, 0.29) is 5.92 Å². The normalized spacial score (nSPS) is 26.5. The molecule has 1 aromatic heterocycles. The van der Waals surface area contributed by atoms with Crippen LogP contribution >= 0.6 is 0 Å². The van der Waals surface area contributed by atoms with Crippen molar-refractivity contribution in [2.45, 2.75) is 45.6 Å². The standard InChI is InChI=1S/C12H18N2O/c1-8(2)14-11(6-7-13-14)10-4-5-12(15)9(10)3/h6-10H,4-5H2,1-3H3. The number of hydrogen-bond donors (Lipinski definition) is 0. The molecule has 15 heavy (non-hydrogen) atoms. The Bertz CT molecular complexity index is 367. The molecule has 1 aromatic rings. The van der Waals surface area contributed by atoms with Crippen molar-refractivity contribution in [3.8, 4) is 0 Å². The fraction of sp³-hybridized carbons (Fsp3) is 0.667. The van der Waals surface area contributed by atoms with Crippen LogP contribution in [0.3, 0.4) is 0 Å². The highest BCUT2D eigenvalue weighted by Gasteiger charge is 2.34. The van der Waals surface area contributed by atoms with Crippen molar-refractivity contribution in [1.82, 2.24) is 9.78 Å². The third kappa shape index (κ3) is 1.71. The molecule has 2 atom stereocenters. The molecule has 1 saturated carbocycles. The van der Waals surface area contributed by atoms with Crippen molar-refractivity contribution in [3.05, 3.63) is 18.0 Å². The van der Waals surface area contributed by atoms with E-state index in [0.29, 0.717) is 17.7 Å². The number of carbonyl (C=O) groups excluding carboxylic acids is 1. The largest absolute Gasteiger partial charge is 0.299 e. The van der Waals surface area contributed by atoms with Gasteiger partial charge in [0.2, 0.25) is 0 Å². The van der Waals surface area contributed by atoms with E-state index in [0.717, 1.165) is 12.8 Å². The first kappa shape index (κ1) is 10.4. The quantitative estimate of drug-likeness (QED) is 0.745. The SMILES string of the molecule is CC1C(=O)CCC1c1ccnn1C(C)C. The first-order valence-corrected chi connectivity index (χ1v) is 5.67. The summed E-state index contributed by atoms with van der Waals surface area (Å²) in [6.45, 7) is 6.29. The third-order valence-corrected chi connectivity index (χ3v) is 3.38. The molecule has 0 spiro atoms. The number of ketones is 1. The van der Waals surface area contributed by atoms with Gasteiger partial charge in [-0.2, -0.15) is 5.10 Å². The number of hydrogen-bond acceptors (Lipinski definition) is 2. The van der Waals surface area contributed by atoms with Crippen LogP contribution in [0.5, 0.6) is 0 Å². The van der Waals surface area contributed by atoms with Crippen LogP contribution in [0.4, 0.5) is 0 Å². The smallest absolute Gasteiger partial charge is 0.136 e. The summed E-state index contributed by atoms with van der Waals surface area (Å²) in [7, 11) is 0. The molecular formula is C12H18N2O. The molecular weight excluding hydrogens is 188 g/mol. The Balaban J connectivity index is 2.30. The maximum atomic E-state index is 11.5. The van der Waals surface area contributed by atoms with Crippen LogP contribution in [-0.2, 0) is 4.79 Å². The van der Waals surface area contributed by atoms with Crippen LogP contribution < -0.4 is 0 Å². The molecule has 1 heterocycles. The predicted octanol–water partition coefficient (Wildman–Crippen LogP) is 2.55. The fourth-order valence-electron chi connectivity index (χ4n) is 2.45. The molecule has 0 saturated heterocycles. The van der Waals surface area contributed by atoms with Gasteiger partial charge in [0.1, 0.15) is 5.78 Å². The number of rotatable bonds is 2. The molecule has 1 aliphatic carbocycles. The predicted molar refractivity (Wildman–Crippen MR) is 58.8 cm³/mol. The molecule has 1 aliphatic rings. The lowest BCUT2D eigenvalue weighted by atomic mass is 9.94. The van der Waals surface area contributed by atoms with Gasteiger partial charge in [-0.05, 0) is 26.3 Å². The van der Waals surface area contributed by atoms with Crippen molar-refractivity contribution < 1.29 is 4.79 Å². The second-order valence-corrected chi connectivity index (χ2v) is 4.69. The highest BCUT2D eigenvalue weighted by Crippen LogP contribution is 2.37. The Kier molecular flexibility index (Phi) is 2.63. The molecule has 3 nitrogen and oxygen atoms in total. The highest BCUT2D eigenvalue weighted by molar-refractivity contribution is 5.83. The van der Waals surface area contributed by atoms with Crippen molar-refractivity contribution in [3.63, 3.8) is 0 Å². The number of aromatic nitrogens is 2. The zero-order chi connectivity index (χ0) is 11.0. The van der Waals surface area contributed by atoms with Crippen molar-refractivity contribution in [2.24, 2.45) is 5.92 Å². The van der Waals surface area contributed by atoms with Crippen molar-refractivity contribution >= 4 is 5.78 Å². The summed E-state index contributed by atoms with van der Waals surface area (Å²) in [4.78, 5) is 11.5. The maximum absolute atomic E-state index is 11.5. The molecule has 82 valence electrons. The molecule has 0 radical (unpaired) electrons. The molecule has 0 aliphatic heterocycles. The van der Waals surface area contributed by atoms with Crippen LogP contribution in [0.1, 0.15) is 51.3 Å². The Morgan fingerprint density at radius 1 is 1.53 bits per heavy atom. The number of Topliss-reactive ketones (excluding diaryl/α,β-unsaturated/α-hetero) is 1. The van der Waals surface area contributed by atoms with E-state index in [9.17, 15) is 4.79 Å². The summed E-state index contributed by atoms with van der Waals surface area (Å²) in [5.74, 6) is 0.943. The van der Waals surface area contributed by atoms with Gasteiger partial charge in [-0.3, -0.25) is 9.48 Å². The van der Waals surface area contributed by atoms with E-state index in [1.165, 1.54) is 5.69 Å². The lowest BCUT2D eigenvalue weighted by Gasteiger charge is -2.18. The molecule has 2 unspecified atom stereocenters. The third-order valence-electron chi connectivity index (χ3n) is 3.38. The topological polar surface area (TPSA) is 34.9 Å². The van der Waals surface area contributed by atoms with Gasteiger partial charge in [-0.15, -0.1) is 0 Å². The first-order valence-electron chi connectivity index (χ1n) is 5.67. The van der Waals surface area contributed by atoms with E-state index in [4.69, 9.17) is 0 Å². The second kappa shape index (κ2) is 3.80. The van der Waals surface area contributed by atoms with Gasteiger partial charge in [0.25, 0.3) is 0 Å². The van der Waals surface area contributed by atoms with Gasteiger partial charge in [0.15, 0.2) is 0 Å². The van der Waals surface area contributed by atoms with Crippen LogP contribution in [-0.4, -0.2) is 15.6 Å². The fourth-order valence-corrected chi connectivity index (χ4v) is 2.45. The Morgan fingerprint density at radius 2 is 2.27 bits per heavy atom. The summed E-state index contributed by atoms with van der Waals surface area (Å²) in [5, 5.41) is 4.33. The maximum Gasteiger partial charge on any atom is 0.136 e. The van der Waals surface area contributed by atoms with E-state index in [1.54, 1.807) is 0 Å². The molecule has 0 N–H and O–H groups in total. The van der Waals surface area contributed by atoms with Crippen molar-refractivity contribution in [1.29, 1.82) is 0 Å². The van der Waals surface area contributed by atoms with Crippen LogP contribution in [0.25, 0.3) is 0 Å². The molecule has 2 rings (SSSR count). The molecule has 0 aromatic carbocycles. The van der Waals surface area contributed by atoms with Gasteiger partial charge in [0, 0.05) is 36.2 Å². The molecule has 0 amide bonds. The Hall–Kier alpha value is -1.12. The van der Waals surface area contributed by atoms with Crippen LogP contribution in [0.15, 0.2) is 12.3 Å². The summed E-state index contributed by atoms with van der Waals surface area (Å²) < 4.78 is 2.04. The first-order chi connectivity index (χ1) is 7.11. The number of carbonyl (C=O) groups is 1. The zero-order valence-electron chi connectivity index (χ0n) is 9.60. The molecule has 0 bridgehead atoms. The average Bonchev–Trinajstić information content (AvgIpc) is 2.75. The van der Waals surface area contributed by atoms with Crippen LogP contribution in [0.2, 0.25) is 0 Å². The molecule has 3 heteroatoms. The lowest BCUT2D eigenvalue weighted by Crippen LogP contribution is -2.15. The molecule has 1 fully saturated rings. The Labute approximate surface area is 90.5 Å². The van der Waals surface area contributed by atoms with Gasteiger partial charge < -0.3 is 0 Å². The van der Waals surface area contributed by atoms with E-state index < -0.39 is 0 Å². The summed E-state index contributed by atoms with van der Waals surface area (Å²) in [5.41, 5.74) is 1.23. The van der Waals surface area contributed by atoms with Gasteiger partial charge in [0.05, 0.1) is 0 Å². The van der Waals surface area contributed by atoms with Crippen LogP contribution in [0, 0.1) is 5.92 Å². The monoisotopic (exact) mass is 206 g/mol. The van der Waals surface area contributed by atoms with Gasteiger partial charge in [-0.1, -0.05) is 6.92 Å². The average molecular weight is 206 g/mol. The number of nitrogens with zero attached hydrogens (tertiary/aromatic N) is 2. The minimum atomic E-state index is 0.166. The summed E-state index contributed by atoms with van der Waals surface area (Å²) >= 11 is 0. The van der Waals surface area contributed by atoms with E-state index in [2.05, 4.69) is 25.0 Å². The lowest BCUT2D eigenvalue weighted by molar-refractivity contribution is -0.120.